The second kappa shape index (κ2) is 6.60. The van der Waals surface area contributed by atoms with E-state index in [0.717, 1.165) is 31.0 Å². The fourth-order valence-corrected chi connectivity index (χ4v) is 3.17. The Balaban J connectivity index is 1.58. The van der Waals surface area contributed by atoms with Gasteiger partial charge in [0.2, 0.25) is 0 Å². The number of carbonyl (C=O) groups is 1. The van der Waals surface area contributed by atoms with Crippen LogP contribution in [0.15, 0.2) is 42.5 Å². The molecule has 3 N–H and O–H groups in total. The molecule has 130 valence electrons. The number of pyridine rings is 1. The highest BCUT2D eigenvalue weighted by Crippen LogP contribution is 2.33. The number of rotatable bonds is 2. The Morgan fingerprint density at radius 2 is 2.04 bits per heavy atom. The van der Waals surface area contributed by atoms with E-state index in [9.17, 15) is 4.79 Å². The summed E-state index contributed by atoms with van der Waals surface area (Å²) in [6.07, 6.45) is 0.952. The lowest BCUT2D eigenvalue weighted by Crippen LogP contribution is -2.41. The number of anilines is 3. The van der Waals surface area contributed by atoms with E-state index in [0.29, 0.717) is 24.7 Å². The van der Waals surface area contributed by atoms with E-state index in [2.05, 4.69) is 15.2 Å². The predicted octanol–water partition coefficient (Wildman–Crippen LogP) is 2.05. The zero-order valence-corrected chi connectivity index (χ0v) is 13.9. The first-order valence-corrected chi connectivity index (χ1v) is 8.48. The molecule has 3 heterocycles. The number of fused-ring (bicyclic) bond motifs is 1. The van der Waals surface area contributed by atoms with Gasteiger partial charge < -0.3 is 20.7 Å². The Morgan fingerprint density at radius 1 is 1.20 bits per heavy atom. The first-order valence-electron chi connectivity index (χ1n) is 8.48. The molecule has 2 aromatic rings. The van der Waals surface area contributed by atoms with Crippen LogP contribution in [0.2, 0.25) is 0 Å². The summed E-state index contributed by atoms with van der Waals surface area (Å²) in [7, 11) is 0. The van der Waals surface area contributed by atoms with Crippen LogP contribution < -0.4 is 25.6 Å². The Kier molecular flexibility index (Phi) is 4.15. The molecule has 1 saturated heterocycles. The van der Waals surface area contributed by atoms with Gasteiger partial charge in [-0.1, -0.05) is 18.2 Å². The van der Waals surface area contributed by atoms with E-state index in [4.69, 9.17) is 10.5 Å². The van der Waals surface area contributed by atoms with Crippen LogP contribution in [0.5, 0.6) is 5.75 Å². The number of nitrogens with two attached hydrogens (primary N) is 1. The van der Waals surface area contributed by atoms with Gasteiger partial charge in [-0.3, -0.25) is 4.90 Å². The summed E-state index contributed by atoms with van der Waals surface area (Å²) in [4.78, 5) is 21.2. The zero-order chi connectivity index (χ0) is 17.2. The number of nitrogens with one attached hydrogen (secondary N) is 1. The molecule has 25 heavy (non-hydrogen) atoms. The van der Waals surface area contributed by atoms with Crippen molar-refractivity contribution in [2.75, 3.05) is 41.4 Å². The molecule has 2 amide bonds. The van der Waals surface area contributed by atoms with Crippen LogP contribution in [0, 0.1) is 0 Å². The largest absolute Gasteiger partial charge is 0.488 e. The Hall–Kier alpha value is -2.80. The minimum absolute atomic E-state index is 0.173. The molecule has 0 unspecified atom stereocenters. The molecular weight excluding hydrogens is 318 g/mol. The average Bonchev–Trinajstić information content (AvgIpc) is 3.08. The second-order valence-electron chi connectivity index (χ2n) is 6.28. The number of nitrogens with zero attached hydrogens (tertiary/aromatic N) is 3. The Bertz CT molecular complexity index is 767. The van der Waals surface area contributed by atoms with Crippen molar-refractivity contribution in [1.82, 2.24) is 4.98 Å². The van der Waals surface area contributed by atoms with Gasteiger partial charge >= 0.3 is 6.03 Å². The maximum absolute atomic E-state index is 12.7. The van der Waals surface area contributed by atoms with E-state index in [1.54, 1.807) is 4.90 Å². The number of amides is 2. The average molecular weight is 339 g/mol. The highest BCUT2D eigenvalue weighted by molar-refractivity contribution is 6.02. The molecule has 1 aromatic heterocycles. The first-order chi connectivity index (χ1) is 12.2. The monoisotopic (exact) mass is 339 g/mol. The molecule has 0 bridgehead atoms. The minimum Gasteiger partial charge on any atom is -0.488 e. The second-order valence-corrected chi connectivity index (χ2v) is 6.28. The summed E-state index contributed by atoms with van der Waals surface area (Å²) < 4.78 is 5.67. The summed E-state index contributed by atoms with van der Waals surface area (Å²) in [6.45, 7) is 2.57. The number of benzene rings is 1. The fourth-order valence-electron chi connectivity index (χ4n) is 3.17. The molecule has 1 atom stereocenters. The highest BCUT2D eigenvalue weighted by Gasteiger charge is 2.28. The van der Waals surface area contributed by atoms with Crippen LogP contribution in [0.3, 0.4) is 0 Å². The number of para-hydroxylation sites is 1. The van der Waals surface area contributed by atoms with E-state index in [1.807, 2.05) is 42.5 Å². The predicted molar refractivity (Wildman–Crippen MR) is 97.3 cm³/mol. The van der Waals surface area contributed by atoms with Crippen molar-refractivity contribution in [3.05, 3.63) is 42.5 Å². The van der Waals surface area contributed by atoms with Gasteiger partial charge in [-0.05, 0) is 30.7 Å². The molecule has 2 aliphatic heterocycles. The molecule has 4 rings (SSSR count). The number of ether oxygens (including phenoxy) is 1. The first kappa shape index (κ1) is 15.7. The van der Waals surface area contributed by atoms with Gasteiger partial charge in [0.05, 0.1) is 6.54 Å². The van der Waals surface area contributed by atoms with Gasteiger partial charge in [0.1, 0.15) is 12.4 Å². The van der Waals surface area contributed by atoms with E-state index in [1.165, 1.54) is 0 Å². The maximum Gasteiger partial charge on any atom is 0.327 e. The summed E-state index contributed by atoms with van der Waals surface area (Å²) in [5, 5.41) is 2.91. The summed E-state index contributed by atoms with van der Waals surface area (Å²) in [6, 6.07) is 13.2. The van der Waals surface area contributed by atoms with Crippen LogP contribution in [-0.4, -0.2) is 43.3 Å². The van der Waals surface area contributed by atoms with Gasteiger partial charge in [0, 0.05) is 24.8 Å². The number of aromatic nitrogens is 1. The highest BCUT2D eigenvalue weighted by atomic mass is 16.5. The van der Waals surface area contributed by atoms with Crippen molar-refractivity contribution >= 4 is 23.4 Å². The van der Waals surface area contributed by atoms with Crippen molar-refractivity contribution in [2.45, 2.75) is 12.5 Å². The molecule has 0 saturated carbocycles. The number of urea groups is 1. The molecule has 2 aliphatic rings. The van der Waals surface area contributed by atoms with Crippen molar-refractivity contribution < 1.29 is 9.53 Å². The van der Waals surface area contributed by atoms with Crippen molar-refractivity contribution in [3.63, 3.8) is 0 Å². The lowest BCUT2D eigenvalue weighted by molar-refractivity contribution is 0.249. The molecule has 1 fully saturated rings. The quantitative estimate of drug-likeness (QED) is 0.875. The van der Waals surface area contributed by atoms with E-state index in [-0.39, 0.29) is 12.1 Å². The van der Waals surface area contributed by atoms with Gasteiger partial charge in [-0.15, -0.1) is 0 Å². The SMILES string of the molecule is N[C@H]1CCN(c2ccc3c(n2)N(C(=O)Nc2ccccc2)CCO3)C1. The molecule has 0 spiro atoms. The fraction of sp³-hybridized carbons (Fsp3) is 0.333. The Morgan fingerprint density at radius 3 is 2.80 bits per heavy atom. The zero-order valence-electron chi connectivity index (χ0n) is 13.9. The summed E-state index contributed by atoms with van der Waals surface area (Å²) in [5.41, 5.74) is 6.75. The molecular formula is C18H21N5O2. The van der Waals surface area contributed by atoms with Crippen LogP contribution in [0.25, 0.3) is 0 Å². The lowest BCUT2D eigenvalue weighted by Gasteiger charge is -2.29. The number of hydrogen-bond acceptors (Lipinski definition) is 5. The van der Waals surface area contributed by atoms with E-state index < -0.39 is 0 Å². The molecule has 0 radical (unpaired) electrons. The minimum atomic E-state index is -0.210. The molecule has 0 aliphatic carbocycles. The van der Waals surface area contributed by atoms with Crippen LogP contribution in [-0.2, 0) is 0 Å². The normalized spacial score (nSPS) is 19.3. The lowest BCUT2D eigenvalue weighted by atomic mass is 10.3. The molecule has 7 heteroatoms. The van der Waals surface area contributed by atoms with Gasteiger partial charge in [0.15, 0.2) is 11.6 Å². The van der Waals surface area contributed by atoms with Gasteiger partial charge in [-0.25, -0.2) is 9.78 Å². The summed E-state index contributed by atoms with van der Waals surface area (Å²) >= 11 is 0. The Labute approximate surface area is 146 Å². The van der Waals surface area contributed by atoms with Crippen LogP contribution in [0.4, 0.5) is 22.1 Å². The standard InChI is InChI=1S/C18H21N5O2/c19-13-8-9-22(12-13)16-7-6-15-17(21-16)23(10-11-25-15)18(24)20-14-4-2-1-3-5-14/h1-7,13H,8-12,19H2,(H,20,24)/t13-/m0/s1. The number of carbonyl (C=O) groups excluding carboxylic acids is 1. The number of hydrogen-bond donors (Lipinski definition) is 2. The molecule has 1 aromatic carbocycles. The maximum atomic E-state index is 12.7. The molecule has 7 nitrogen and oxygen atoms in total. The van der Waals surface area contributed by atoms with E-state index >= 15 is 0 Å². The third-order valence-corrected chi connectivity index (χ3v) is 4.47. The van der Waals surface area contributed by atoms with Crippen molar-refractivity contribution in [1.29, 1.82) is 0 Å². The third-order valence-electron chi connectivity index (χ3n) is 4.47. The van der Waals surface area contributed by atoms with Crippen LogP contribution >= 0.6 is 0 Å². The topological polar surface area (TPSA) is 83.7 Å². The van der Waals surface area contributed by atoms with Gasteiger partial charge in [0.25, 0.3) is 0 Å². The summed E-state index contributed by atoms with van der Waals surface area (Å²) in [5.74, 6) is 2.01. The van der Waals surface area contributed by atoms with Crippen molar-refractivity contribution in [2.24, 2.45) is 5.73 Å². The van der Waals surface area contributed by atoms with Gasteiger partial charge in [-0.2, -0.15) is 0 Å². The third kappa shape index (κ3) is 3.23. The van der Waals surface area contributed by atoms with Crippen LogP contribution in [0.1, 0.15) is 6.42 Å². The smallest absolute Gasteiger partial charge is 0.327 e. The van der Waals surface area contributed by atoms with Crippen molar-refractivity contribution in [3.8, 4) is 5.75 Å².